The third-order valence-corrected chi connectivity index (χ3v) is 8.84. The molecular formula is C32H39Cl2N3O5. The SMILES string of the molecule is CC(C)(C)C1CCCC([C@H]2N=C(c3cc(Cl)cc(Cl)c3)C(=O)N2C(CCO)c2ccc(C(=O)NCCC(=O)O)cc2)C1. The summed E-state index contributed by atoms with van der Waals surface area (Å²) in [6.07, 6.45) is 3.76. The van der Waals surface area contributed by atoms with Gasteiger partial charge in [0.1, 0.15) is 11.9 Å². The number of aliphatic carboxylic acids is 1. The highest BCUT2D eigenvalue weighted by molar-refractivity contribution is 6.47. The van der Waals surface area contributed by atoms with E-state index in [9.17, 15) is 19.5 Å². The fourth-order valence-electron chi connectivity index (χ4n) is 6.15. The third-order valence-electron chi connectivity index (χ3n) is 8.40. The van der Waals surface area contributed by atoms with Crippen LogP contribution >= 0.6 is 23.2 Å². The van der Waals surface area contributed by atoms with Crippen LogP contribution in [0.2, 0.25) is 10.0 Å². The lowest BCUT2D eigenvalue weighted by molar-refractivity contribution is -0.136. The summed E-state index contributed by atoms with van der Waals surface area (Å²) >= 11 is 12.6. The van der Waals surface area contributed by atoms with Crippen molar-refractivity contribution in [1.82, 2.24) is 10.2 Å². The molecule has 0 spiro atoms. The summed E-state index contributed by atoms with van der Waals surface area (Å²) in [6.45, 7) is 6.65. The molecule has 42 heavy (non-hydrogen) atoms. The zero-order chi connectivity index (χ0) is 30.6. The van der Waals surface area contributed by atoms with Gasteiger partial charge < -0.3 is 20.4 Å². The summed E-state index contributed by atoms with van der Waals surface area (Å²) in [5, 5.41) is 22.4. The zero-order valence-electron chi connectivity index (χ0n) is 24.3. The van der Waals surface area contributed by atoms with Gasteiger partial charge >= 0.3 is 5.97 Å². The minimum absolute atomic E-state index is 0.0254. The molecule has 8 nitrogen and oxygen atoms in total. The maximum atomic E-state index is 14.2. The predicted octanol–water partition coefficient (Wildman–Crippen LogP) is 6.13. The number of hydrogen-bond donors (Lipinski definition) is 3. The number of aliphatic hydroxyl groups excluding tert-OH is 1. The number of nitrogens with one attached hydrogen (secondary N) is 1. The van der Waals surface area contributed by atoms with Gasteiger partial charge in [0.2, 0.25) is 0 Å². The monoisotopic (exact) mass is 615 g/mol. The number of carbonyl (C=O) groups is 3. The van der Waals surface area contributed by atoms with E-state index in [2.05, 4.69) is 26.1 Å². The topological polar surface area (TPSA) is 119 Å². The Bertz CT molecular complexity index is 1320. The number of carboxylic acids is 1. The van der Waals surface area contributed by atoms with Crippen molar-refractivity contribution in [1.29, 1.82) is 0 Å². The predicted molar refractivity (Wildman–Crippen MR) is 164 cm³/mol. The van der Waals surface area contributed by atoms with Crippen molar-refractivity contribution in [2.75, 3.05) is 13.2 Å². The average Bonchev–Trinajstić information content (AvgIpc) is 3.27. The molecule has 2 aliphatic rings. The van der Waals surface area contributed by atoms with Crippen LogP contribution in [0.1, 0.15) is 86.8 Å². The minimum atomic E-state index is -0.990. The number of aliphatic hydroxyl groups is 1. The summed E-state index contributed by atoms with van der Waals surface area (Å²) in [4.78, 5) is 44.4. The number of aliphatic imine (C=N–C) groups is 1. The van der Waals surface area contributed by atoms with E-state index in [1.165, 1.54) is 0 Å². The Kier molecular flexibility index (Phi) is 10.3. The van der Waals surface area contributed by atoms with Crippen molar-refractivity contribution >= 4 is 46.7 Å². The molecule has 3 unspecified atom stereocenters. The van der Waals surface area contributed by atoms with E-state index in [0.717, 1.165) is 31.2 Å². The molecule has 1 aliphatic carbocycles. The Labute approximate surface area is 257 Å². The summed E-state index contributed by atoms with van der Waals surface area (Å²) in [7, 11) is 0. The van der Waals surface area contributed by atoms with E-state index in [1.54, 1.807) is 47.4 Å². The first-order chi connectivity index (χ1) is 19.9. The van der Waals surface area contributed by atoms with Gasteiger partial charge in [0.15, 0.2) is 0 Å². The fraction of sp³-hybridized carbons (Fsp3) is 0.500. The van der Waals surface area contributed by atoms with Crippen LogP contribution in [0.25, 0.3) is 0 Å². The summed E-state index contributed by atoms with van der Waals surface area (Å²) in [5.74, 6) is -0.987. The first kappa shape index (κ1) is 32.0. The molecule has 2 aromatic rings. The standard InChI is InChI=1S/C32H39Cl2N3O5/c1-32(2,3)23-6-4-5-21(15-23)29-36-28(22-16-24(33)18-25(34)17-22)31(42)37(29)26(12-14-38)19-7-9-20(10-8-19)30(41)35-13-11-27(39)40/h7-10,16-18,21,23,26,29,38H,4-6,11-15H2,1-3H3,(H,35,41)(H,39,40)/t21?,23?,26?,29-/m0/s1. The number of benzene rings is 2. The van der Waals surface area contributed by atoms with Gasteiger partial charge in [-0.25, -0.2) is 0 Å². The van der Waals surface area contributed by atoms with E-state index in [1.807, 2.05) is 0 Å². The Morgan fingerprint density at radius 3 is 2.36 bits per heavy atom. The summed E-state index contributed by atoms with van der Waals surface area (Å²) in [6, 6.07) is 11.4. The van der Waals surface area contributed by atoms with Crippen molar-refractivity contribution in [2.45, 2.75) is 71.5 Å². The molecule has 3 N–H and O–H groups in total. The number of rotatable bonds is 10. The molecule has 2 amide bonds. The normalized spacial score (nSPS) is 21.7. The average molecular weight is 617 g/mol. The Hall–Kier alpha value is -2.94. The molecule has 10 heteroatoms. The number of carboxylic acid groups (broad SMARTS) is 1. The number of halogens is 2. The van der Waals surface area contributed by atoms with Crippen LogP contribution in [-0.2, 0) is 9.59 Å². The van der Waals surface area contributed by atoms with Gasteiger partial charge in [-0.15, -0.1) is 0 Å². The largest absolute Gasteiger partial charge is 0.481 e. The van der Waals surface area contributed by atoms with Crippen molar-refractivity contribution < 1.29 is 24.6 Å². The zero-order valence-corrected chi connectivity index (χ0v) is 25.8. The van der Waals surface area contributed by atoms with Crippen LogP contribution in [0.4, 0.5) is 0 Å². The number of hydrogen-bond acceptors (Lipinski definition) is 5. The number of carbonyl (C=O) groups excluding carboxylic acids is 2. The maximum Gasteiger partial charge on any atom is 0.305 e. The van der Waals surface area contributed by atoms with Gasteiger partial charge in [0.05, 0.1) is 12.5 Å². The second-order valence-corrected chi connectivity index (χ2v) is 13.2. The second kappa shape index (κ2) is 13.6. The molecule has 0 radical (unpaired) electrons. The van der Waals surface area contributed by atoms with E-state index < -0.39 is 18.2 Å². The molecule has 4 atom stereocenters. The van der Waals surface area contributed by atoms with Gasteiger partial charge in [0.25, 0.3) is 11.8 Å². The molecule has 4 rings (SSSR count). The minimum Gasteiger partial charge on any atom is -0.481 e. The van der Waals surface area contributed by atoms with Gasteiger partial charge in [-0.05, 0) is 72.9 Å². The highest BCUT2D eigenvalue weighted by atomic mass is 35.5. The maximum absolute atomic E-state index is 14.2. The van der Waals surface area contributed by atoms with Crippen LogP contribution < -0.4 is 5.32 Å². The lowest BCUT2D eigenvalue weighted by atomic mass is 9.68. The lowest BCUT2D eigenvalue weighted by Gasteiger charge is -2.42. The van der Waals surface area contributed by atoms with E-state index in [0.29, 0.717) is 39.2 Å². The molecule has 0 saturated heterocycles. The molecule has 226 valence electrons. The molecular weight excluding hydrogens is 577 g/mol. The van der Waals surface area contributed by atoms with Crippen LogP contribution in [0.3, 0.4) is 0 Å². The van der Waals surface area contributed by atoms with Gasteiger partial charge in [0, 0.05) is 40.2 Å². The van der Waals surface area contributed by atoms with Crippen molar-refractivity contribution in [3.8, 4) is 0 Å². The highest BCUT2D eigenvalue weighted by Crippen LogP contribution is 2.45. The molecule has 1 aliphatic heterocycles. The van der Waals surface area contributed by atoms with Crippen LogP contribution in [-0.4, -0.2) is 57.9 Å². The molecule has 2 aromatic carbocycles. The van der Waals surface area contributed by atoms with E-state index in [-0.39, 0.29) is 42.7 Å². The molecule has 0 bridgehead atoms. The van der Waals surface area contributed by atoms with E-state index in [4.69, 9.17) is 33.3 Å². The second-order valence-electron chi connectivity index (χ2n) is 12.3. The van der Waals surface area contributed by atoms with Crippen molar-refractivity contribution in [3.63, 3.8) is 0 Å². The van der Waals surface area contributed by atoms with Gasteiger partial charge in [-0.3, -0.25) is 19.4 Å². The summed E-state index contributed by atoms with van der Waals surface area (Å²) in [5.41, 5.74) is 2.14. The Morgan fingerprint density at radius 2 is 1.76 bits per heavy atom. The van der Waals surface area contributed by atoms with Gasteiger partial charge in [-0.2, -0.15) is 0 Å². The highest BCUT2D eigenvalue weighted by Gasteiger charge is 2.45. The fourth-order valence-corrected chi connectivity index (χ4v) is 6.68. The summed E-state index contributed by atoms with van der Waals surface area (Å²) < 4.78 is 0. The van der Waals surface area contributed by atoms with Crippen molar-refractivity contribution in [3.05, 3.63) is 69.2 Å². The van der Waals surface area contributed by atoms with Crippen LogP contribution in [0.15, 0.2) is 47.5 Å². The lowest BCUT2D eigenvalue weighted by Crippen LogP contribution is -2.45. The smallest absolute Gasteiger partial charge is 0.305 e. The quantitative estimate of drug-likeness (QED) is 0.297. The number of amides is 2. The molecule has 1 fully saturated rings. The first-order valence-electron chi connectivity index (χ1n) is 14.5. The molecule has 0 aromatic heterocycles. The third kappa shape index (κ3) is 7.52. The van der Waals surface area contributed by atoms with Crippen molar-refractivity contribution in [2.24, 2.45) is 22.2 Å². The molecule has 1 heterocycles. The van der Waals surface area contributed by atoms with Crippen LogP contribution in [0, 0.1) is 17.3 Å². The Balaban J connectivity index is 1.69. The van der Waals surface area contributed by atoms with Gasteiger partial charge in [-0.1, -0.05) is 62.5 Å². The first-order valence-corrected chi connectivity index (χ1v) is 15.2. The van der Waals surface area contributed by atoms with Crippen LogP contribution in [0.5, 0.6) is 0 Å². The Morgan fingerprint density at radius 1 is 1.10 bits per heavy atom. The molecule has 1 saturated carbocycles. The van der Waals surface area contributed by atoms with E-state index >= 15 is 0 Å². The number of nitrogens with zero attached hydrogens (tertiary/aromatic N) is 2.